The molecule has 14 heavy (non-hydrogen) atoms. The fourth-order valence-electron chi connectivity index (χ4n) is 2.84. The molecule has 1 N–H and O–H groups in total. The Balaban J connectivity index is 1.99. The number of likely N-dealkylation sites (tertiary alicyclic amines) is 1. The molecule has 0 aromatic rings. The molecule has 0 amide bonds. The molecule has 1 aliphatic heterocycles. The summed E-state index contributed by atoms with van der Waals surface area (Å²) in [6.07, 6.45) is 7.58. The van der Waals surface area contributed by atoms with Gasteiger partial charge in [-0.3, -0.25) is 9.69 Å². The number of carboxylic acid groups (broad SMARTS) is 1. The summed E-state index contributed by atoms with van der Waals surface area (Å²) < 4.78 is 0. The summed E-state index contributed by atoms with van der Waals surface area (Å²) >= 11 is 0. The van der Waals surface area contributed by atoms with Crippen LogP contribution in [0.25, 0.3) is 0 Å². The number of carbonyl (C=O) groups is 1. The lowest BCUT2D eigenvalue weighted by molar-refractivity contribution is -0.143. The van der Waals surface area contributed by atoms with E-state index in [2.05, 4.69) is 4.90 Å². The van der Waals surface area contributed by atoms with Crippen LogP contribution in [0.3, 0.4) is 0 Å². The maximum Gasteiger partial charge on any atom is 0.305 e. The van der Waals surface area contributed by atoms with Gasteiger partial charge in [-0.05, 0) is 45.2 Å². The molecule has 0 atom stereocenters. The molecule has 1 saturated carbocycles. The molecule has 2 rings (SSSR count). The lowest BCUT2D eigenvalue weighted by Crippen LogP contribution is -2.56. The van der Waals surface area contributed by atoms with Crippen LogP contribution in [-0.4, -0.2) is 34.6 Å². The Kier molecular flexibility index (Phi) is 2.77. The van der Waals surface area contributed by atoms with Crippen molar-refractivity contribution >= 4 is 5.97 Å². The van der Waals surface area contributed by atoms with E-state index in [9.17, 15) is 4.79 Å². The third-order valence-corrected chi connectivity index (χ3v) is 3.79. The van der Waals surface area contributed by atoms with E-state index in [0.717, 1.165) is 25.9 Å². The highest BCUT2D eigenvalue weighted by atomic mass is 16.4. The van der Waals surface area contributed by atoms with Gasteiger partial charge in [0.05, 0.1) is 6.42 Å². The van der Waals surface area contributed by atoms with Crippen LogP contribution in [0.15, 0.2) is 0 Å². The van der Waals surface area contributed by atoms with Crippen molar-refractivity contribution in [2.45, 2.75) is 50.5 Å². The zero-order valence-corrected chi connectivity index (χ0v) is 8.67. The minimum absolute atomic E-state index is 0.0479. The maximum absolute atomic E-state index is 10.8. The highest BCUT2D eigenvalue weighted by Crippen LogP contribution is 2.41. The van der Waals surface area contributed by atoms with Crippen LogP contribution in [0.1, 0.15) is 44.9 Å². The summed E-state index contributed by atoms with van der Waals surface area (Å²) in [6, 6.07) is 0. The fraction of sp³-hybridized carbons (Fsp3) is 0.909. The standard InChI is InChI=1S/C11H19NO2/c13-10(14)9-11(5-4-6-11)12-7-2-1-3-8-12/h1-9H2,(H,13,14). The molecule has 0 aromatic heterocycles. The Bertz CT molecular complexity index is 217. The van der Waals surface area contributed by atoms with Gasteiger partial charge in [0, 0.05) is 5.54 Å². The van der Waals surface area contributed by atoms with E-state index in [1.807, 2.05) is 0 Å². The van der Waals surface area contributed by atoms with Gasteiger partial charge >= 0.3 is 5.97 Å². The van der Waals surface area contributed by atoms with Gasteiger partial charge in [-0.1, -0.05) is 6.42 Å². The van der Waals surface area contributed by atoms with Gasteiger partial charge in [-0.15, -0.1) is 0 Å². The first-order valence-electron chi connectivity index (χ1n) is 5.70. The highest BCUT2D eigenvalue weighted by molar-refractivity contribution is 5.68. The summed E-state index contributed by atoms with van der Waals surface area (Å²) in [5.41, 5.74) is 0.0479. The number of hydrogen-bond donors (Lipinski definition) is 1. The van der Waals surface area contributed by atoms with E-state index in [1.165, 1.54) is 25.7 Å². The zero-order chi connectivity index (χ0) is 10.0. The molecular weight excluding hydrogens is 178 g/mol. The van der Waals surface area contributed by atoms with E-state index in [-0.39, 0.29) is 5.54 Å². The first-order chi connectivity index (χ1) is 6.73. The van der Waals surface area contributed by atoms with E-state index >= 15 is 0 Å². The van der Waals surface area contributed by atoms with Crippen molar-refractivity contribution in [3.05, 3.63) is 0 Å². The van der Waals surface area contributed by atoms with Crippen molar-refractivity contribution in [2.75, 3.05) is 13.1 Å². The fourth-order valence-corrected chi connectivity index (χ4v) is 2.84. The van der Waals surface area contributed by atoms with Crippen LogP contribution in [0, 0.1) is 0 Å². The zero-order valence-electron chi connectivity index (χ0n) is 8.67. The molecule has 0 aromatic carbocycles. The van der Waals surface area contributed by atoms with Crippen molar-refractivity contribution < 1.29 is 9.90 Å². The van der Waals surface area contributed by atoms with Crippen LogP contribution < -0.4 is 0 Å². The third kappa shape index (κ3) is 1.78. The average Bonchev–Trinajstić information content (AvgIpc) is 2.12. The molecular formula is C11H19NO2. The number of piperidine rings is 1. The highest BCUT2D eigenvalue weighted by Gasteiger charge is 2.44. The molecule has 1 saturated heterocycles. The second-order valence-corrected chi connectivity index (χ2v) is 4.70. The summed E-state index contributed by atoms with van der Waals surface area (Å²) in [4.78, 5) is 13.3. The molecule has 1 aliphatic carbocycles. The predicted octanol–water partition coefficient (Wildman–Crippen LogP) is 1.87. The topological polar surface area (TPSA) is 40.5 Å². The van der Waals surface area contributed by atoms with Crippen molar-refractivity contribution in [3.8, 4) is 0 Å². The van der Waals surface area contributed by atoms with Gasteiger partial charge in [0.15, 0.2) is 0 Å². The minimum Gasteiger partial charge on any atom is -0.481 e. The molecule has 3 nitrogen and oxygen atoms in total. The molecule has 0 spiro atoms. The van der Waals surface area contributed by atoms with E-state index in [0.29, 0.717) is 6.42 Å². The molecule has 3 heteroatoms. The molecule has 80 valence electrons. The van der Waals surface area contributed by atoms with Gasteiger partial charge in [0.1, 0.15) is 0 Å². The first kappa shape index (κ1) is 9.97. The average molecular weight is 197 g/mol. The third-order valence-electron chi connectivity index (χ3n) is 3.79. The van der Waals surface area contributed by atoms with Crippen molar-refractivity contribution in [1.29, 1.82) is 0 Å². The van der Waals surface area contributed by atoms with E-state index < -0.39 is 5.97 Å². The Morgan fingerprint density at radius 1 is 1.14 bits per heavy atom. The molecule has 0 bridgehead atoms. The van der Waals surface area contributed by atoms with Gasteiger partial charge < -0.3 is 5.11 Å². The van der Waals surface area contributed by atoms with Crippen LogP contribution in [0.2, 0.25) is 0 Å². The lowest BCUT2D eigenvalue weighted by atomic mass is 9.72. The normalized spacial score (nSPS) is 26.9. The Hall–Kier alpha value is -0.570. The molecule has 0 unspecified atom stereocenters. The number of nitrogens with zero attached hydrogens (tertiary/aromatic N) is 1. The first-order valence-corrected chi connectivity index (χ1v) is 5.70. The van der Waals surface area contributed by atoms with Crippen LogP contribution >= 0.6 is 0 Å². The lowest BCUT2D eigenvalue weighted by Gasteiger charge is -2.51. The van der Waals surface area contributed by atoms with Crippen LogP contribution in [0.5, 0.6) is 0 Å². The quantitative estimate of drug-likeness (QED) is 0.751. The minimum atomic E-state index is -0.629. The van der Waals surface area contributed by atoms with Gasteiger partial charge in [0.2, 0.25) is 0 Å². The largest absolute Gasteiger partial charge is 0.481 e. The molecule has 2 aliphatic rings. The summed E-state index contributed by atoms with van der Waals surface area (Å²) in [7, 11) is 0. The number of carboxylic acids is 1. The number of rotatable bonds is 3. The van der Waals surface area contributed by atoms with Crippen LogP contribution in [-0.2, 0) is 4.79 Å². The Morgan fingerprint density at radius 2 is 1.79 bits per heavy atom. The van der Waals surface area contributed by atoms with Crippen molar-refractivity contribution in [3.63, 3.8) is 0 Å². The monoisotopic (exact) mass is 197 g/mol. The molecule has 1 heterocycles. The summed E-state index contributed by atoms with van der Waals surface area (Å²) in [6.45, 7) is 2.24. The van der Waals surface area contributed by atoms with Gasteiger partial charge in [0.25, 0.3) is 0 Å². The van der Waals surface area contributed by atoms with Gasteiger partial charge in [-0.2, -0.15) is 0 Å². The van der Waals surface area contributed by atoms with Crippen LogP contribution in [0.4, 0.5) is 0 Å². The van der Waals surface area contributed by atoms with Crippen molar-refractivity contribution in [2.24, 2.45) is 0 Å². The molecule has 2 fully saturated rings. The second-order valence-electron chi connectivity index (χ2n) is 4.70. The van der Waals surface area contributed by atoms with E-state index in [1.54, 1.807) is 0 Å². The predicted molar refractivity (Wildman–Crippen MR) is 54.3 cm³/mol. The van der Waals surface area contributed by atoms with Crippen molar-refractivity contribution in [1.82, 2.24) is 4.90 Å². The summed E-state index contributed by atoms with van der Waals surface area (Å²) in [5.74, 6) is -0.629. The number of hydrogen-bond acceptors (Lipinski definition) is 2. The summed E-state index contributed by atoms with van der Waals surface area (Å²) in [5, 5.41) is 8.92. The smallest absolute Gasteiger partial charge is 0.305 e. The SMILES string of the molecule is O=C(O)CC1(N2CCCCC2)CCC1. The van der Waals surface area contributed by atoms with Gasteiger partial charge in [-0.25, -0.2) is 0 Å². The maximum atomic E-state index is 10.8. The Morgan fingerprint density at radius 3 is 2.21 bits per heavy atom. The number of aliphatic carboxylic acids is 1. The second kappa shape index (κ2) is 3.89. The van der Waals surface area contributed by atoms with E-state index in [4.69, 9.17) is 5.11 Å². The molecule has 0 radical (unpaired) electrons. The Labute approximate surface area is 85.1 Å².